The van der Waals surface area contributed by atoms with E-state index in [9.17, 15) is 8.42 Å². The molecule has 0 saturated carbocycles. The summed E-state index contributed by atoms with van der Waals surface area (Å²) in [5, 5.41) is 0. The van der Waals surface area contributed by atoms with Gasteiger partial charge in [0.05, 0.1) is 12.2 Å². The largest absolute Gasteiger partial charge is 0.400 e. The van der Waals surface area contributed by atoms with Crippen molar-refractivity contribution in [2.24, 2.45) is 5.92 Å². The lowest BCUT2D eigenvalue weighted by molar-refractivity contribution is -0.0285. The molecule has 0 aromatic heterocycles. The number of unbranched alkanes of at least 4 members (excludes halogenated alkanes) is 43. The van der Waals surface area contributed by atoms with Gasteiger partial charge >= 0.3 is 10.4 Å². The zero-order valence-electron chi connectivity index (χ0n) is 45.6. The molecule has 0 saturated heterocycles. The van der Waals surface area contributed by atoms with E-state index in [1.54, 1.807) is 0 Å². The Balaban J connectivity index is 6.07. The summed E-state index contributed by atoms with van der Waals surface area (Å²) in [6.45, 7) is 11.7. The molecule has 392 valence electrons. The van der Waals surface area contributed by atoms with Gasteiger partial charge in [0.2, 0.25) is 0 Å². The van der Waals surface area contributed by atoms with Gasteiger partial charge in [0.25, 0.3) is 0 Å². The summed E-state index contributed by atoms with van der Waals surface area (Å²) in [4.78, 5) is 0. The molecule has 1 unspecified atom stereocenters. The Morgan fingerprint density at radius 1 is 0.292 bits per heavy atom. The van der Waals surface area contributed by atoms with E-state index in [4.69, 9.17) is 8.37 Å². The van der Waals surface area contributed by atoms with Crippen molar-refractivity contribution in [2.75, 3.05) is 6.61 Å². The zero-order valence-corrected chi connectivity index (χ0v) is 46.4. The minimum atomic E-state index is -4.12. The molecule has 0 aliphatic carbocycles. The van der Waals surface area contributed by atoms with Crippen LogP contribution in [0.1, 0.15) is 369 Å². The summed E-state index contributed by atoms with van der Waals surface area (Å²) in [6.07, 6.45) is 65.8. The lowest BCUT2D eigenvalue weighted by atomic mass is 9.74. The SMILES string of the molecule is CCCCCCCCCCCCOS(=O)(=O)OC(CCCCCCCCCCCC)(CCCCCCCCCCCC)C(CCCCCCCCCC)CCCCCCCCCCCC. The lowest BCUT2D eigenvalue weighted by Crippen LogP contribution is -2.43. The molecule has 0 aromatic rings. The number of hydrogen-bond donors (Lipinski definition) is 0. The molecule has 0 amide bonds. The number of hydrogen-bond acceptors (Lipinski definition) is 4. The summed E-state index contributed by atoms with van der Waals surface area (Å²) in [7, 11) is -4.12. The van der Waals surface area contributed by atoms with Gasteiger partial charge < -0.3 is 0 Å². The van der Waals surface area contributed by atoms with Gasteiger partial charge in [-0.2, -0.15) is 8.42 Å². The van der Waals surface area contributed by atoms with Crippen molar-refractivity contribution < 1.29 is 16.8 Å². The standard InChI is InChI=1S/C60H122O4S/c1-6-11-16-21-26-31-35-40-45-50-55-59(54-49-44-39-30-25-20-15-10-5)60(56-51-46-41-36-32-27-22-17-12-7-2,57-52-47-42-37-33-28-23-18-13-8-3)64-65(61,62)63-58-53-48-43-38-34-29-24-19-14-9-4/h59H,6-58H2,1-5H3. The Kier molecular flexibility index (Phi) is 51.6. The molecule has 65 heavy (non-hydrogen) atoms. The first kappa shape index (κ1) is 64.9. The molecule has 0 bridgehead atoms. The van der Waals surface area contributed by atoms with Crippen molar-refractivity contribution in [1.29, 1.82) is 0 Å². The smallest absolute Gasteiger partial charge is 0.248 e. The van der Waals surface area contributed by atoms with Crippen LogP contribution in [0.5, 0.6) is 0 Å². The zero-order chi connectivity index (χ0) is 47.5. The van der Waals surface area contributed by atoms with Crippen LogP contribution in [0.2, 0.25) is 0 Å². The van der Waals surface area contributed by atoms with Crippen LogP contribution in [0.15, 0.2) is 0 Å². The second-order valence-electron chi connectivity index (χ2n) is 21.4. The van der Waals surface area contributed by atoms with Crippen LogP contribution in [0.25, 0.3) is 0 Å². The van der Waals surface area contributed by atoms with Crippen molar-refractivity contribution in [2.45, 2.75) is 374 Å². The fourth-order valence-electron chi connectivity index (χ4n) is 10.6. The first-order valence-corrected chi connectivity index (χ1v) is 31.8. The molecule has 5 heteroatoms. The van der Waals surface area contributed by atoms with Gasteiger partial charge in [-0.25, -0.2) is 8.37 Å². The van der Waals surface area contributed by atoms with Gasteiger partial charge in [-0.15, -0.1) is 0 Å². The number of rotatable bonds is 57. The van der Waals surface area contributed by atoms with E-state index in [-0.39, 0.29) is 12.5 Å². The fraction of sp³-hybridized carbons (Fsp3) is 1.00. The maximum Gasteiger partial charge on any atom is 0.400 e. The van der Waals surface area contributed by atoms with Crippen LogP contribution in [-0.2, 0) is 18.8 Å². The van der Waals surface area contributed by atoms with Crippen LogP contribution in [0, 0.1) is 5.92 Å². The molecule has 0 spiro atoms. The van der Waals surface area contributed by atoms with E-state index >= 15 is 0 Å². The van der Waals surface area contributed by atoms with E-state index in [1.165, 1.54) is 283 Å². The summed E-state index contributed by atoms with van der Waals surface area (Å²) < 4.78 is 41.0. The average Bonchev–Trinajstić information content (AvgIpc) is 3.30. The van der Waals surface area contributed by atoms with E-state index < -0.39 is 16.0 Å². The van der Waals surface area contributed by atoms with Crippen molar-refractivity contribution in [3.8, 4) is 0 Å². The topological polar surface area (TPSA) is 52.6 Å². The highest BCUT2D eigenvalue weighted by Crippen LogP contribution is 2.42. The van der Waals surface area contributed by atoms with Crippen molar-refractivity contribution in [3.63, 3.8) is 0 Å². The third-order valence-corrected chi connectivity index (χ3v) is 15.9. The molecule has 0 rings (SSSR count). The van der Waals surface area contributed by atoms with Gasteiger partial charge in [-0.1, -0.05) is 336 Å². The van der Waals surface area contributed by atoms with Gasteiger partial charge in [0.1, 0.15) is 0 Å². The van der Waals surface area contributed by atoms with Crippen LogP contribution in [-0.4, -0.2) is 20.6 Å². The van der Waals surface area contributed by atoms with E-state index in [1.807, 2.05) is 0 Å². The predicted octanol–water partition coefficient (Wildman–Crippen LogP) is 22.0. The maximum atomic E-state index is 14.2. The van der Waals surface area contributed by atoms with E-state index in [2.05, 4.69) is 34.6 Å². The van der Waals surface area contributed by atoms with E-state index in [0.717, 1.165) is 51.4 Å². The van der Waals surface area contributed by atoms with Crippen LogP contribution < -0.4 is 0 Å². The maximum absolute atomic E-state index is 14.2. The molecule has 0 aliphatic rings. The Morgan fingerprint density at radius 3 is 0.769 bits per heavy atom. The second-order valence-corrected chi connectivity index (χ2v) is 22.6. The Bertz CT molecular complexity index is 973. The first-order valence-electron chi connectivity index (χ1n) is 30.5. The highest BCUT2D eigenvalue weighted by atomic mass is 32.3. The third-order valence-electron chi connectivity index (χ3n) is 15.0. The molecular formula is C60H122O4S. The molecule has 4 nitrogen and oxygen atoms in total. The summed E-state index contributed by atoms with van der Waals surface area (Å²) in [5.41, 5.74) is -0.655. The van der Waals surface area contributed by atoms with Gasteiger partial charge in [-0.3, -0.25) is 0 Å². The Morgan fingerprint density at radius 2 is 0.508 bits per heavy atom. The van der Waals surface area contributed by atoms with Crippen molar-refractivity contribution >= 4 is 10.4 Å². The molecule has 0 N–H and O–H groups in total. The van der Waals surface area contributed by atoms with E-state index in [0.29, 0.717) is 0 Å². The Labute approximate surface area is 412 Å². The van der Waals surface area contributed by atoms with Crippen molar-refractivity contribution in [3.05, 3.63) is 0 Å². The highest BCUT2D eigenvalue weighted by molar-refractivity contribution is 7.81. The molecule has 0 heterocycles. The first-order chi connectivity index (χ1) is 31.9. The quantitative estimate of drug-likeness (QED) is 0.0570. The second kappa shape index (κ2) is 51.7. The molecule has 0 aromatic carbocycles. The average molecular weight is 940 g/mol. The fourth-order valence-corrected chi connectivity index (χ4v) is 11.6. The van der Waals surface area contributed by atoms with Crippen molar-refractivity contribution in [1.82, 2.24) is 0 Å². The summed E-state index contributed by atoms with van der Waals surface area (Å²) >= 11 is 0. The lowest BCUT2D eigenvalue weighted by Gasteiger charge is -2.40. The monoisotopic (exact) mass is 939 g/mol. The van der Waals surface area contributed by atoms with Gasteiger partial charge in [0.15, 0.2) is 0 Å². The van der Waals surface area contributed by atoms with Crippen LogP contribution >= 0.6 is 0 Å². The minimum absolute atomic E-state index is 0.257. The van der Waals surface area contributed by atoms with Gasteiger partial charge in [0, 0.05) is 0 Å². The Hall–Kier alpha value is -0.130. The minimum Gasteiger partial charge on any atom is -0.248 e. The predicted molar refractivity (Wildman–Crippen MR) is 291 cm³/mol. The highest BCUT2D eigenvalue weighted by Gasteiger charge is 2.43. The molecule has 1 atom stereocenters. The molecular weight excluding hydrogens is 817 g/mol. The molecule has 0 fully saturated rings. The van der Waals surface area contributed by atoms with Gasteiger partial charge in [-0.05, 0) is 38.0 Å². The summed E-state index contributed by atoms with van der Waals surface area (Å²) in [5.74, 6) is 0.268. The molecule has 0 radical (unpaired) electrons. The third kappa shape index (κ3) is 44.8. The van der Waals surface area contributed by atoms with Crippen LogP contribution in [0.3, 0.4) is 0 Å². The van der Waals surface area contributed by atoms with Crippen LogP contribution in [0.4, 0.5) is 0 Å². The summed E-state index contributed by atoms with van der Waals surface area (Å²) in [6, 6.07) is 0. The normalized spacial score (nSPS) is 12.8. The molecule has 0 aliphatic heterocycles.